The molecule has 4 heterocycles. The van der Waals surface area contributed by atoms with Gasteiger partial charge in [-0.15, -0.1) is 11.3 Å². The quantitative estimate of drug-likeness (QED) is 0.378. The van der Waals surface area contributed by atoms with Crippen LogP contribution in [0.3, 0.4) is 0 Å². The van der Waals surface area contributed by atoms with Gasteiger partial charge in [-0.25, -0.2) is 9.59 Å². The number of carboxylic acids is 3. The minimum absolute atomic E-state index is 0.00111. The Hall–Kier alpha value is -5.04. The van der Waals surface area contributed by atoms with E-state index in [2.05, 4.69) is 10.0 Å². The van der Waals surface area contributed by atoms with Gasteiger partial charge in [-0.3, -0.25) is 19.0 Å². The number of thiazole rings is 1. The van der Waals surface area contributed by atoms with E-state index in [0.717, 1.165) is 71.3 Å². The Kier molecular flexibility index (Phi) is 6.73. The van der Waals surface area contributed by atoms with Crippen molar-refractivity contribution in [3.05, 3.63) is 78.2 Å². The van der Waals surface area contributed by atoms with E-state index in [-0.39, 0.29) is 20.4 Å². The van der Waals surface area contributed by atoms with Crippen LogP contribution < -0.4 is 24.7 Å². The van der Waals surface area contributed by atoms with Crippen molar-refractivity contribution < 1.29 is 34.5 Å². The second-order valence-corrected chi connectivity index (χ2v) is 11.2. The number of hydrogen-bond acceptors (Lipinski definition) is 8. The van der Waals surface area contributed by atoms with Crippen LogP contribution in [0, 0.1) is 0 Å². The molecule has 3 N–H and O–H groups in total. The summed E-state index contributed by atoms with van der Waals surface area (Å²) in [6.45, 7) is 1.21. The Morgan fingerprint density at radius 2 is 1.64 bits per heavy atom. The van der Waals surface area contributed by atoms with Crippen LogP contribution in [0.5, 0.6) is 0 Å². The Bertz CT molecular complexity index is 1890. The lowest BCUT2D eigenvalue weighted by molar-refractivity contribution is -0.137. The van der Waals surface area contributed by atoms with E-state index >= 15 is 0 Å². The predicted molar refractivity (Wildman–Crippen MR) is 154 cm³/mol. The summed E-state index contributed by atoms with van der Waals surface area (Å²) in [7, 11) is 0. The van der Waals surface area contributed by atoms with Crippen LogP contribution >= 0.6 is 11.3 Å². The highest BCUT2D eigenvalue weighted by Crippen LogP contribution is 2.36. The maximum Gasteiger partial charge on any atom is 0.357 e. The van der Waals surface area contributed by atoms with E-state index in [1.807, 2.05) is 12.1 Å². The van der Waals surface area contributed by atoms with Crippen molar-refractivity contribution in [2.45, 2.75) is 32.2 Å². The predicted octanol–water partition coefficient (Wildman–Crippen LogP) is 0.858. The molecule has 6 rings (SSSR count). The lowest BCUT2D eigenvalue weighted by atomic mass is 9.90. The van der Waals surface area contributed by atoms with Crippen molar-refractivity contribution in [3.8, 4) is 0 Å². The largest absolute Gasteiger partial charge is 0.480 e. The molecule has 2 aromatic carbocycles. The molecule has 3 aromatic rings. The molecule has 12 nitrogen and oxygen atoms in total. The third-order valence-corrected chi connectivity index (χ3v) is 8.58. The molecule has 13 heteroatoms. The number of aliphatic carboxylic acids is 2. The van der Waals surface area contributed by atoms with E-state index < -0.39 is 47.2 Å². The van der Waals surface area contributed by atoms with Gasteiger partial charge in [0.05, 0.1) is 15.8 Å². The van der Waals surface area contributed by atoms with Crippen LogP contribution in [0.2, 0.25) is 0 Å². The van der Waals surface area contributed by atoms with E-state index in [0.29, 0.717) is 0 Å². The summed E-state index contributed by atoms with van der Waals surface area (Å²) in [6.07, 6.45) is 5.50. The molecule has 3 aliphatic rings. The fourth-order valence-electron chi connectivity index (χ4n) is 5.74. The highest BCUT2D eigenvalue weighted by atomic mass is 32.1. The van der Waals surface area contributed by atoms with Gasteiger partial charge >= 0.3 is 17.9 Å². The molecule has 214 valence electrons. The van der Waals surface area contributed by atoms with E-state index in [1.54, 1.807) is 6.08 Å². The van der Waals surface area contributed by atoms with Crippen molar-refractivity contribution in [1.82, 2.24) is 4.57 Å². The lowest BCUT2D eigenvalue weighted by Gasteiger charge is -2.37. The average Bonchev–Trinajstić information content (AvgIpc) is 3.45. The second kappa shape index (κ2) is 10.4. The zero-order valence-corrected chi connectivity index (χ0v) is 22.9. The molecule has 1 aromatic heterocycles. The number of aryl methyl sites for hydroxylation is 2. The molecule has 3 aliphatic heterocycles. The molecule has 0 unspecified atom stereocenters. The third-order valence-electron chi connectivity index (χ3n) is 7.45. The zero-order valence-electron chi connectivity index (χ0n) is 22.1. The molecular weight excluding hydrogens is 564 g/mol. The van der Waals surface area contributed by atoms with Gasteiger partial charge in [0.15, 0.2) is 5.71 Å². The van der Waals surface area contributed by atoms with Crippen LogP contribution in [0.25, 0.3) is 11.6 Å². The summed E-state index contributed by atoms with van der Waals surface area (Å²) in [5.41, 5.74) is 2.42. The number of nitrogens with zero attached hydrogens (tertiary/aromatic N) is 4. The molecule has 0 spiro atoms. The maximum absolute atomic E-state index is 13.6. The first kappa shape index (κ1) is 27.1. The number of aromatic carboxylic acids is 1. The maximum atomic E-state index is 13.6. The topological polar surface area (TPSA) is 170 Å². The molecule has 0 saturated heterocycles. The number of carboxylic acid groups (broad SMARTS) is 3. The standard InChI is InChI=1S/C29H24N4O8S/c34-21(35)14-32-25(36)20(12-15-10-16-5-2-8-31-9-3-6-17(11-15)24(16)31)42-27(32)22-23(29(40)41)30-33(26(22)37)19-7-1-4-18(13-19)28(38)39/h1,4,7,10-13H,2-3,5-6,8-9,14H2,(H,34,35)(H,38,39)(H,40,41)/b20-12+,27-22+. The number of aromatic nitrogens is 1. The van der Waals surface area contributed by atoms with Gasteiger partial charge in [-0.2, -0.15) is 10.1 Å². The van der Waals surface area contributed by atoms with Gasteiger partial charge in [0, 0.05) is 18.8 Å². The van der Waals surface area contributed by atoms with Gasteiger partial charge < -0.3 is 20.2 Å². The monoisotopic (exact) mass is 588 g/mol. The molecule has 0 saturated carbocycles. The van der Waals surface area contributed by atoms with Crippen LogP contribution in [-0.4, -0.2) is 62.5 Å². The van der Waals surface area contributed by atoms with E-state index in [4.69, 9.17) is 0 Å². The van der Waals surface area contributed by atoms with Gasteiger partial charge in [0.1, 0.15) is 16.8 Å². The first-order chi connectivity index (χ1) is 20.1. The lowest BCUT2D eigenvalue weighted by Crippen LogP contribution is -2.37. The Labute approximate surface area is 241 Å². The number of carbonyl (C=O) groups excluding carboxylic acids is 1. The van der Waals surface area contributed by atoms with E-state index in [1.165, 1.54) is 35.0 Å². The minimum Gasteiger partial charge on any atom is -0.480 e. The number of rotatable bonds is 6. The van der Waals surface area contributed by atoms with Gasteiger partial charge in [0.2, 0.25) is 0 Å². The fraction of sp³-hybridized carbons (Fsp3) is 0.241. The Morgan fingerprint density at radius 3 is 2.26 bits per heavy atom. The SMILES string of the molecule is O=C(O)Cn1c(=O)/c(=C\c2cc3c4c(c2)CCCN4CCC3)s/c1=C1/C(=O)N(c2cccc(C(=O)O)c2)N=C1C(=O)O. The average molecular weight is 589 g/mol. The Balaban J connectivity index is 1.54. The molecule has 42 heavy (non-hydrogen) atoms. The van der Waals surface area contributed by atoms with Gasteiger partial charge in [-0.1, -0.05) is 6.07 Å². The molecule has 0 aliphatic carbocycles. The van der Waals surface area contributed by atoms with Crippen molar-refractivity contribution in [2.75, 3.05) is 23.0 Å². The molecule has 0 fully saturated rings. The number of anilines is 2. The van der Waals surface area contributed by atoms with Crippen LogP contribution in [0.1, 0.15) is 39.9 Å². The number of hydrogen-bond donors (Lipinski definition) is 3. The summed E-state index contributed by atoms with van der Waals surface area (Å²) in [5, 5.41) is 33.5. The highest BCUT2D eigenvalue weighted by Gasteiger charge is 2.37. The summed E-state index contributed by atoms with van der Waals surface area (Å²) >= 11 is 0.814. The first-order valence-electron chi connectivity index (χ1n) is 13.2. The summed E-state index contributed by atoms with van der Waals surface area (Å²) in [5.74, 6) is -5.11. The molecule has 0 bridgehead atoms. The van der Waals surface area contributed by atoms with Crippen LogP contribution in [0.4, 0.5) is 11.4 Å². The third kappa shape index (κ3) is 4.67. The van der Waals surface area contributed by atoms with Crippen LogP contribution in [-0.2, 0) is 33.8 Å². The smallest absolute Gasteiger partial charge is 0.357 e. The van der Waals surface area contributed by atoms with Crippen LogP contribution in [0.15, 0.2) is 46.3 Å². The van der Waals surface area contributed by atoms with Crippen molar-refractivity contribution in [3.63, 3.8) is 0 Å². The fourth-order valence-corrected chi connectivity index (χ4v) is 6.88. The summed E-state index contributed by atoms with van der Waals surface area (Å²) in [4.78, 5) is 64.9. The first-order valence-corrected chi connectivity index (χ1v) is 14.0. The molecule has 0 radical (unpaired) electrons. The number of carbonyl (C=O) groups is 4. The van der Waals surface area contributed by atoms with Crippen molar-refractivity contribution >= 4 is 63.9 Å². The number of hydrazone groups is 1. The second-order valence-electron chi connectivity index (χ2n) is 10.2. The zero-order chi connectivity index (χ0) is 29.7. The summed E-state index contributed by atoms with van der Waals surface area (Å²) < 4.78 is 0.840. The Morgan fingerprint density at radius 1 is 0.952 bits per heavy atom. The summed E-state index contributed by atoms with van der Waals surface area (Å²) in [6, 6.07) is 9.27. The number of benzene rings is 2. The molecular formula is C29H24N4O8S. The highest BCUT2D eigenvalue weighted by molar-refractivity contribution is 7.08. The molecule has 1 amide bonds. The van der Waals surface area contributed by atoms with Gasteiger partial charge in [0.25, 0.3) is 11.5 Å². The molecule has 0 atom stereocenters. The minimum atomic E-state index is -1.57. The van der Waals surface area contributed by atoms with E-state index in [9.17, 15) is 39.3 Å². The van der Waals surface area contributed by atoms with Gasteiger partial charge in [-0.05, 0) is 78.8 Å². The number of amides is 1. The normalized spacial score (nSPS) is 17.8. The van der Waals surface area contributed by atoms with Crippen molar-refractivity contribution in [1.29, 1.82) is 0 Å². The van der Waals surface area contributed by atoms with Crippen molar-refractivity contribution in [2.24, 2.45) is 5.10 Å².